The molecule has 0 bridgehead atoms. The molecule has 0 fully saturated rings. The van der Waals surface area contributed by atoms with Gasteiger partial charge in [-0.15, -0.1) is 0 Å². The Kier molecular flexibility index (Phi) is 4.34. The molecule has 19 heavy (non-hydrogen) atoms. The zero-order valence-corrected chi connectivity index (χ0v) is 11.8. The van der Waals surface area contributed by atoms with Gasteiger partial charge in [0.2, 0.25) is 5.91 Å². The highest BCUT2D eigenvalue weighted by Gasteiger charge is 2.44. The molecule has 1 aromatic rings. The minimum atomic E-state index is -1.04. The molecule has 0 saturated carbocycles. The second-order valence-electron chi connectivity index (χ2n) is 5.65. The lowest BCUT2D eigenvalue weighted by Crippen LogP contribution is -2.57. The number of carbonyl (C=O) groups excluding carboxylic acids is 1. The molecule has 0 aromatic carbocycles. The van der Waals surface area contributed by atoms with E-state index >= 15 is 0 Å². The SMILES string of the molecule is CC(C)(NC(=O)CCn1ccnc1)C(C)(C)C(=O)O. The van der Waals surface area contributed by atoms with Crippen LogP contribution < -0.4 is 5.32 Å². The van der Waals surface area contributed by atoms with Crippen LogP contribution in [0.5, 0.6) is 0 Å². The molecule has 1 rings (SSSR count). The van der Waals surface area contributed by atoms with Crippen LogP contribution in [0.1, 0.15) is 34.1 Å². The largest absolute Gasteiger partial charge is 0.481 e. The van der Waals surface area contributed by atoms with Gasteiger partial charge in [-0.05, 0) is 27.7 Å². The maximum atomic E-state index is 11.9. The molecular weight excluding hydrogens is 246 g/mol. The number of rotatable bonds is 6. The van der Waals surface area contributed by atoms with Crippen LogP contribution in [-0.4, -0.2) is 32.1 Å². The van der Waals surface area contributed by atoms with Gasteiger partial charge in [-0.2, -0.15) is 0 Å². The number of carbonyl (C=O) groups is 2. The first-order valence-electron chi connectivity index (χ1n) is 6.17. The van der Waals surface area contributed by atoms with Gasteiger partial charge in [-0.3, -0.25) is 9.59 Å². The molecule has 2 N–H and O–H groups in total. The number of nitrogens with zero attached hydrogens (tertiary/aromatic N) is 2. The van der Waals surface area contributed by atoms with E-state index < -0.39 is 16.9 Å². The number of amides is 1. The molecule has 0 spiro atoms. The third-order valence-corrected chi connectivity index (χ3v) is 3.71. The maximum Gasteiger partial charge on any atom is 0.311 e. The molecule has 0 saturated heterocycles. The molecule has 0 atom stereocenters. The van der Waals surface area contributed by atoms with E-state index in [0.29, 0.717) is 6.54 Å². The predicted octanol–water partition coefficient (Wildman–Crippen LogP) is 1.28. The second-order valence-corrected chi connectivity index (χ2v) is 5.65. The Labute approximate surface area is 112 Å². The first kappa shape index (κ1) is 15.2. The highest BCUT2D eigenvalue weighted by molar-refractivity contribution is 5.80. The summed E-state index contributed by atoms with van der Waals surface area (Å²) in [5.74, 6) is -1.11. The van der Waals surface area contributed by atoms with Crippen molar-refractivity contribution in [1.82, 2.24) is 14.9 Å². The molecule has 0 radical (unpaired) electrons. The predicted molar refractivity (Wildman–Crippen MR) is 70.5 cm³/mol. The Morgan fingerprint density at radius 1 is 1.32 bits per heavy atom. The molecule has 0 aliphatic rings. The highest BCUT2D eigenvalue weighted by Crippen LogP contribution is 2.30. The topological polar surface area (TPSA) is 84.2 Å². The highest BCUT2D eigenvalue weighted by atomic mass is 16.4. The van der Waals surface area contributed by atoms with E-state index in [2.05, 4.69) is 10.3 Å². The van der Waals surface area contributed by atoms with E-state index in [1.54, 1.807) is 51.0 Å². The van der Waals surface area contributed by atoms with Gasteiger partial charge in [0, 0.05) is 30.9 Å². The molecule has 1 aromatic heterocycles. The van der Waals surface area contributed by atoms with Crippen molar-refractivity contribution in [2.24, 2.45) is 5.41 Å². The number of carboxylic acid groups (broad SMARTS) is 1. The molecule has 1 amide bonds. The summed E-state index contributed by atoms with van der Waals surface area (Å²) >= 11 is 0. The fraction of sp³-hybridized carbons (Fsp3) is 0.615. The lowest BCUT2D eigenvalue weighted by molar-refractivity contribution is -0.151. The lowest BCUT2D eigenvalue weighted by atomic mass is 9.74. The van der Waals surface area contributed by atoms with Crippen molar-refractivity contribution >= 4 is 11.9 Å². The number of hydrogen-bond acceptors (Lipinski definition) is 3. The summed E-state index contributed by atoms with van der Waals surface area (Å²) in [6.45, 7) is 7.17. The maximum absolute atomic E-state index is 11.9. The standard InChI is InChI=1S/C13H21N3O3/c1-12(2,11(18)19)13(3,4)15-10(17)5-7-16-8-6-14-9-16/h6,8-9H,5,7H2,1-4H3,(H,15,17)(H,18,19). The number of aromatic nitrogens is 2. The van der Waals surface area contributed by atoms with Gasteiger partial charge in [-0.25, -0.2) is 4.98 Å². The normalized spacial score (nSPS) is 12.2. The minimum absolute atomic E-state index is 0.173. The Morgan fingerprint density at radius 3 is 2.42 bits per heavy atom. The van der Waals surface area contributed by atoms with Crippen molar-refractivity contribution < 1.29 is 14.7 Å². The van der Waals surface area contributed by atoms with E-state index in [4.69, 9.17) is 0 Å². The van der Waals surface area contributed by atoms with Crippen molar-refractivity contribution in [3.05, 3.63) is 18.7 Å². The molecular formula is C13H21N3O3. The molecule has 6 nitrogen and oxygen atoms in total. The van der Waals surface area contributed by atoms with Crippen molar-refractivity contribution in [1.29, 1.82) is 0 Å². The Bertz CT molecular complexity index is 450. The van der Waals surface area contributed by atoms with Crippen molar-refractivity contribution in [3.63, 3.8) is 0 Å². The number of aliphatic carboxylic acids is 1. The fourth-order valence-electron chi connectivity index (χ4n) is 1.48. The van der Waals surface area contributed by atoms with Gasteiger partial charge in [0.25, 0.3) is 0 Å². The zero-order valence-electron chi connectivity index (χ0n) is 11.8. The van der Waals surface area contributed by atoms with Crippen LogP contribution in [-0.2, 0) is 16.1 Å². The van der Waals surface area contributed by atoms with Gasteiger partial charge >= 0.3 is 5.97 Å². The molecule has 106 valence electrons. The minimum Gasteiger partial charge on any atom is -0.481 e. The van der Waals surface area contributed by atoms with Crippen molar-refractivity contribution in [2.75, 3.05) is 0 Å². The smallest absolute Gasteiger partial charge is 0.311 e. The summed E-state index contributed by atoms with van der Waals surface area (Å²) in [7, 11) is 0. The summed E-state index contributed by atoms with van der Waals surface area (Å²) in [6.07, 6.45) is 5.35. The van der Waals surface area contributed by atoms with Crippen LogP contribution in [0.25, 0.3) is 0 Å². The monoisotopic (exact) mass is 267 g/mol. The van der Waals surface area contributed by atoms with Gasteiger partial charge in [0.05, 0.1) is 11.7 Å². The van der Waals surface area contributed by atoms with Crippen LogP contribution in [0.2, 0.25) is 0 Å². The fourth-order valence-corrected chi connectivity index (χ4v) is 1.48. The Morgan fingerprint density at radius 2 is 1.95 bits per heavy atom. The lowest BCUT2D eigenvalue weighted by Gasteiger charge is -2.38. The van der Waals surface area contributed by atoms with E-state index in [-0.39, 0.29) is 12.3 Å². The average Bonchev–Trinajstić information content (AvgIpc) is 2.78. The van der Waals surface area contributed by atoms with Crippen LogP contribution in [0, 0.1) is 5.41 Å². The summed E-state index contributed by atoms with van der Waals surface area (Å²) in [6, 6.07) is 0. The van der Waals surface area contributed by atoms with E-state index in [1.807, 2.05) is 0 Å². The number of aryl methyl sites for hydroxylation is 1. The van der Waals surface area contributed by atoms with Gasteiger partial charge in [0.1, 0.15) is 0 Å². The molecule has 6 heteroatoms. The summed E-state index contributed by atoms with van der Waals surface area (Å²) in [5.41, 5.74) is -1.87. The van der Waals surface area contributed by atoms with Crippen LogP contribution >= 0.6 is 0 Å². The third-order valence-electron chi connectivity index (χ3n) is 3.71. The van der Waals surface area contributed by atoms with Crippen molar-refractivity contribution in [2.45, 2.75) is 46.2 Å². The summed E-state index contributed by atoms with van der Waals surface area (Å²) in [5, 5.41) is 12.0. The van der Waals surface area contributed by atoms with Crippen LogP contribution in [0.3, 0.4) is 0 Å². The second kappa shape index (κ2) is 5.42. The average molecular weight is 267 g/mol. The van der Waals surface area contributed by atoms with Gasteiger partial charge in [-0.1, -0.05) is 0 Å². The van der Waals surface area contributed by atoms with E-state index in [9.17, 15) is 14.7 Å². The molecule has 0 unspecified atom stereocenters. The van der Waals surface area contributed by atoms with Gasteiger partial charge in [0.15, 0.2) is 0 Å². The Balaban J connectivity index is 2.58. The quantitative estimate of drug-likeness (QED) is 0.813. The third kappa shape index (κ3) is 3.56. The van der Waals surface area contributed by atoms with E-state index in [1.165, 1.54) is 0 Å². The number of nitrogens with one attached hydrogen (secondary N) is 1. The first-order chi connectivity index (χ1) is 8.67. The van der Waals surface area contributed by atoms with Crippen molar-refractivity contribution in [3.8, 4) is 0 Å². The van der Waals surface area contributed by atoms with Gasteiger partial charge < -0.3 is 15.0 Å². The molecule has 0 aliphatic carbocycles. The summed E-state index contributed by atoms with van der Waals surface area (Å²) in [4.78, 5) is 27.0. The first-order valence-corrected chi connectivity index (χ1v) is 6.17. The number of hydrogen-bond donors (Lipinski definition) is 2. The Hall–Kier alpha value is -1.85. The number of imidazole rings is 1. The van der Waals surface area contributed by atoms with Crippen LogP contribution in [0.4, 0.5) is 0 Å². The zero-order chi connectivity index (χ0) is 14.7. The molecule has 1 heterocycles. The number of carboxylic acids is 1. The molecule has 0 aliphatic heterocycles. The summed E-state index contributed by atoms with van der Waals surface area (Å²) < 4.78 is 1.80. The van der Waals surface area contributed by atoms with E-state index in [0.717, 1.165) is 0 Å². The van der Waals surface area contributed by atoms with Crippen LogP contribution in [0.15, 0.2) is 18.7 Å².